The Bertz CT molecular complexity index is 1320. The number of nitrogens with zero attached hydrogens (tertiary/aromatic N) is 1. The fourth-order valence-electron chi connectivity index (χ4n) is 4.13. The molecule has 0 radical (unpaired) electrons. The van der Waals surface area contributed by atoms with E-state index >= 15 is 0 Å². The molecule has 2 atom stereocenters. The molecule has 2 rings (SSSR count). The topological polar surface area (TPSA) is 217 Å². The number of hydrogen-bond acceptors (Lipinski definition) is 12. The summed E-state index contributed by atoms with van der Waals surface area (Å²) in [5.41, 5.74) is 1.28. The first kappa shape index (κ1) is 42.5. The quantitative estimate of drug-likeness (QED) is 0.0564. The number of ether oxygens (including phenoxy) is 5. The van der Waals surface area contributed by atoms with Gasteiger partial charge in [0.2, 0.25) is 23.6 Å². The number of carbonyl (C=O) groups excluding carboxylic acids is 7. The third kappa shape index (κ3) is 18.2. The summed E-state index contributed by atoms with van der Waals surface area (Å²) in [6.07, 6.45) is 2.69. The maximum Gasteiger partial charge on any atom is 0.305 e. The molecule has 0 unspecified atom stereocenters. The molecule has 6 amide bonds. The Kier molecular flexibility index (Phi) is 20.3. The van der Waals surface area contributed by atoms with Gasteiger partial charge < -0.3 is 45.0 Å². The summed E-state index contributed by atoms with van der Waals surface area (Å²) in [5.74, 6) is -2.77. The van der Waals surface area contributed by atoms with Crippen LogP contribution in [0, 0.1) is 0 Å². The van der Waals surface area contributed by atoms with Crippen LogP contribution in [0.1, 0.15) is 45.6 Å². The minimum Gasteiger partial charge on any atom is -0.461 e. The van der Waals surface area contributed by atoms with Crippen LogP contribution in [0.15, 0.2) is 36.4 Å². The Morgan fingerprint density at radius 2 is 1.24 bits per heavy atom. The molecule has 17 nitrogen and oxygen atoms in total. The normalized spacial score (nSPS) is 13.4. The number of nitrogens with one attached hydrogen (secondary N) is 4. The average molecular weight is 720 g/mol. The van der Waals surface area contributed by atoms with Crippen LogP contribution < -0.4 is 21.3 Å². The summed E-state index contributed by atoms with van der Waals surface area (Å²) in [7, 11) is 0. The molecule has 1 aromatic carbocycles. The van der Waals surface area contributed by atoms with Crippen molar-refractivity contribution < 1.29 is 57.2 Å². The van der Waals surface area contributed by atoms with Gasteiger partial charge in [0.25, 0.3) is 11.8 Å². The summed E-state index contributed by atoms with van der Waals surface area (Å²) >= 11 is 0. The van der Waals surface area contributed by atoms with Gasteiger partial charge in [0.15, 0.2) is 0 Å². The zero-order valence-electron chi connectivity index (χ0n) is 29.4. The van der Waals surface area contributed by atoms with Crippen LogP contribution in [0.4, 0.5) is 5.69 Å². The first-order valence-corrected chi connectivity index (χ1v) is 16.8. The number of imide groups is 1. The Morgan fingerprint density at radius 3 is 1.82 bits per heavy atom. The van der Waals surface area contributed by atoms with Crippen LogP contribution in [-0.4, -0.2) is 124 Å². The molecule has 0 spiro atoms. The maximum atomic E-state index is 12.5. The van der Waals surface area contributed by atoms with Crippen LogP contribution in [0.5, 0.6) is 0 Å². The predicted octanol–water partition coefficient (Wildman–Crippen LogP) is -0.0245. The van der Waals surface area contributed by atoms with E-state index < -0.39 is 35.7 Å². The molecule has 0 bridgehead atoms. The van der Waals surface area contributed by atoms with Crippen LogP contribution >= 0.6 is 0 Å². The number of hydrogen-bond donors (Lipinski definition) is 4. The van der Waals surface area contributed by atoms with Gasteiger partial charge in [-0.05, 0) is 31.5 Å². The van der Waals surface area contributed by atoms with Crippen LogP contribution in [-0.2, 0) is 63.9 Å². The van der Waals surface area contributed by atoms with E-state index in [1.807, 2.05) is 0 Å². The predicted molar refractivity (Wildman–Crippen MR) is 182 cm³/mol. The second kappa shape index (κ2) is 24.4. The zero-order chi connectivity index (χ0) is 37.4. The van der Waals surface area contributed by atoms with Crippen molar-refractivity contribution in [3.8, 4) is 0 Å². The van der Waals surface area contributed by atoms with Crippen molar-refractivity contribution in [1.29, 1.82) is 0 Å². The van der Waals surface area contributed by atoms with Gasteiger partial charge in [-0.25, -0.2) is 0 Å². The average Bonchev–Trinajstić information content (AvgIpc) is 3.44. The number of carbonyl (C=O) groups is 7. The Labute approximate surface area is 297 Å². The molecule has 0 saturated carbocycles. The van der Waals surface area contributed by atoms with Crippen molar-refractivity contribution in [3.05, 3.63) is 42.0 Å². The highest BCUT2D eigenvalue weighted by Crippen LogP contribution is 2.11. The molecule has 1 aliphatic rings. The molecule has 0 fully saturated rings. The summed E-state index contributed by atoms with van der Waals surface area (Å²) in [6, 6.07) is 5.03. The lowest BCUT2D eigenvalue weighted by Gasteiger charge is -2.18. The summed E-state index contributed by atoms with van der Waals surface area (Å²) in [5, 5.41) is 10.5. The van der Waals surface area contributed by atoms with Gasteiger partial charge in [-0.15, -0.1) is 0 Å². The molecule has 0 aliphatic carbocycles. The molecule has 1 aromatic rings. The van der Waals surface area contributed by atoms with E-state index in [1.165, 1.54) is 26.0 Å². The summed E-state index contributed by atoms with van der Waals surface area (Å²) in [6.45, 7) is 7.54. The van der Waals surface area contributed by atoms with E-state index in [2.05, 4.69) is 21.3 Å². The van der Waals surface area contributed by atoms with Crippen molar-refractivity contribution in [2.45, 2.75) is 58.7 Å². The first-order chi connectivity index (χ1) is 24.5. The Hall–Kier alpha value is -4.71. The SMILES string of the molecule is CCC(=O)OCc1ccc(NC(=O)[C@H](C)NC(=O)[C@H](C)NC(=O)CCOCCOCCOCCOCCNC(=O)CCN2C(=O)C=CC2=O)cc1. The molecule has 17 heteroatoms. The van der Waals surface area contributed by atoms with Crippen molar-refractivity contribution >= 4 is 47.1 Å². The largest absolute Gasteiger partial charge is 0.461 e. The minimum absolute atomic E-state index is 0.0216. The molecular formula is C34H49N5O12. The third-order valence-electron chi connectivity index (χ3n) is 7.05. The Balaban J connectivity index is 1.40. The molecule has 51 heavy (non-hydrogen) atoms. The minimum atomic E-state index is -0.872. The second-order valence-electron chi connectivity index (χ2n) is 11.2. The van der Waals surface area contributed by atoms with Crippen LogP contribution in [0.2, 0.25) is 0 Å². The zero-order valence-corrected chi connectivity index (χ0v) is 29.4. The number of anilines is 1. The third-order valence-corrected chi connectivity index (χ3v) is 7.05. The van der Waals surface area contributed by atoms with Crippen LogP contribution in [0.25, 0.3) is 0 Å². The van der Waals surface area contributed by atoms with Crippen LogP contribution in [0.3, 0.4) is 0 Å². The van der Waals surface area contributed by atoms with Crippen molar-refractivity contribution in [3.63, 3.8) is 0 Å². The second-order valence-corrected chi connectivity index (χ2v) is 11.2. The Morgan fingerprint density at radius 1 is 0.686 bits per heavy atom. The summed E-state index contributed by atoms with van der Waals surface area (Å²) in [4.78, 5) is 84.2. The van der Waals surface area contributed by atoms with E-state index in [9.17, 15) is 33.6 Å². The van der Waals surface area contributed by atoms with Gasteiger partial charge in [-0.2, -0.15) is 0 Å². The monoisotopic (exact) mass is 719 g/mol. The standard InChI is InChI=1S/C34H49N5O12/c1-4-32(44)51-23-26-5-7-27(8-6-26)38-34(46)25(3)37-33(45)24(2)36-29(41)12-15-47-17-19-49-21-22-50-20-18-48-16-13-35-28(40)11-14-39-30(42)9-10-31(39)43/h5-10,24-25H,4,11-23H2,1-3H3,(H,35,40)(H,36,41)(H,37,45)(H,38,46)/t24-,25-/m0/s1. The van der Waals surface area contributed by atoms with Gasteiger partial charge in [-0.1, -0.05) is 19.1 Å². The smallest absolute Gasteiger partial charge is 0.305 e. The number of rotatable bonds is 26. The fourth-order valence-corrected chi connectivity index (χ4v) is 4.13. The van der Waals surface area contributed by atoms with E-state index in [0.717, 1.165) is 10.5 Å². The molecule has 0 aromatic heterocycles. The highest BCUT2D eigenvalue weighted by molar-refractivity contribution is 6.13. The first-order valence-electron chi connectivity index (χ1n) is 16.8. The highest BCUT2D eigenvalue weighted by atomic mass is 16.6. The van der Waals surface area contributed by atoms with E-state index in [-0.39, 0.29) is 76.6 Å². The van der Waals surface area contributed by atoms with Crippen molar-refractivity contribution in [2.24, 2.45) is 0 Å². The fraction of sp³-hybridized carbons (Fsp3) is 0.559. The molecule has 1 heterocycles. The molecule has 4 N–H and O–H groups in total. The van der Waals surface area contributed by atoms with Gasteiger partial charge in [0.1, 0.15) is 18.7 Å². The van der Waals surface area contributed by atoms with Crippen molar-refractivity contribution in [2.75, 3.05) is 71.3 Å². The number of esters is 1. The lowest BCUT2D eigenvalue weighted by molar-refractivity contribution is -0.144. The molecule has 1 aliphatic heterocycles. The van der Waals surface area contributed by atoms with Crippen molar-refractivity contribution in [1.82, 2.24) is 20.9 Å². The summed E-state index contributed by atoms with van der Waals surface area (Å²) < 4.78 is 26.7. The number of amides is 6. The van der Waals surface area contributed by atoms with E-state index in [0.29, 0.717) is 38.7 Å². The van der Waals surface area contributed by atoms with Gasteiger partial charge >= 0.3 is 5.97 Å². The van der Waals surface area contributed by atoms with E-state index in [4.69, 9.17) is 23.7 Å². The molecular weight excluding hydrogens is 670 g/mol. The lowest BCUT2D eigenvalue weighted by Crippen LogP contribution is -2.50. The number of benzene rings is 1. The maximum absolute atomic E-state index is 12.5. The molecule has 0 saturated heterocycles. The lowest BCUT2D eigenvalue weighted by atomic mass is 10.2. The van der Waals surface area contributed by atoms with E-state index in [1.54, 1.807) is 31.2 Å². The molecule has 282 valence electrons. The highest BCUT2D eigenvalue weighted by Gasteiger charge is 2.24. The van der Waals surface area contributed by atoms with Gasteiger partial charge in [0.05, 0.1) is 52.9 Å². The van der Waals surface area contributed by atoms with Gasteiger partial charge in [0, 0.05) is 50.2 Å². The van der Waals surface area contributed by atoms with Gasteiger partial charge in [-0.3, -0.25) is 38.5 Å².